The molecule has 100 valence electrons. The number of benzene rings is 1. The number of aliphatic imine (C=N–C) groups is 2. The van der Waals surface area contributed by atoms with Crippen molar-refractivity contribution in [2.75, 3.05) is 7.11 Å². The van der Waals surface area contributed by atoms with E-state index in [4.69, 9.17) is 5.73 Å². The highest BCUT2D eigenvalue weighted by atomic mass is 16.5. The molecule has 0 saturated carbocycles. The van der Waals surface area contributed by atoms with Gasteiger partial charge in [-0.3, -0.25) is 9.79 Å². The van der Waals surface area contributed by atoms with Crippen molar-refractivity contribution in [3.8, 4) is 0 Å². The molecule has 0 amide bonds. The van der Waals surface area contributed by atoms with E-state index >= 15 is 0 Å². The summed E-state index contributed by atoms with van der Waals surface area (Å²) < 4.78 is 4.66. The van der Waals surface area contributed by atoms with Crippen LogP contribution >= 0.6 is 0 Å². The first kappa shape index (κ1) is 13.4. The van der Waals surface area contributed by atoms with Gasteiger partial charge in [0.15, 0.2) is 0 Å². The SMILES string of the molecule is COC(=O)[C@@H](N)CC1(Cc2ccccc2)C=NC=N1. The number of hydrogen-bond acceptors (Lipinski definition) is 5. The quantitative estimate of drug-likeness (QED) is 0.800. The van der Waals surface area contributed by atoms with E-state index in [2.05, 4.69) is 14.7 Å². The Bertz CT molecular complexity index is 485. The zero-order valence-corrected chi connectivity index (χ0v) is 10.8. The Balaban J connectivity index is 2.13. The van der Waals surface area contributed by atoms with Gasteiger partial charge in [-0.2, -0.15) is 0 Å². The second-order valence-corrected chi connectivity index (χ2v) is 4.62. The van der Waals surface area contributed by atoms with E-state index in [0.29, 0.717) is 12.8 Å². The van der Waals surface area contributed by atoms with Crippen LogP contribution < -0.4 is 5.73 Å². The van der Waals surface area contributed by atoms with E-state index in [0.717, 1.165) is 5.56 Å². The first-order valence-corrected chi connectivity index (χ1v) is 6.10. The molecule has 5 heteroatoms. The summed E-state index contributed by atoms with van der Waals surface area (Å²) in [5.74, 6) is -0.428. The molecule has 19 heavy (non-hydrogen) atoms. The molecule has 2 N–H and O–H groups in total. The van der Waals surface area contributed by atoms with Crippen LogP contribution in [0.4, 0.5) is 0 Å². The standard InChI is InChI=1S/C14H17N3O2/c1-19-13(18)12(15)8-14(9-16-10-17-14)7-11-5-3-2-4-6-11/h2-6,9-10,12H,7-8,15H2,1H3/t12-,14?/m0/s1. The van der Waals surface area contributed by atoms with Crippen LogP contribution in [-0.2, 0) is 16.0 Å². The molecule has 2 atom stereocenters. The van der Waals surface area contributed by atoms with Crippen LogP contribution in [0, 0.1) is 0 Å². The highest BCUT2D eigenvalue weighted by Crippen LogP contribution is 2.24. The van der Waals surface area contributed by atoms with E-state index in [1.54, 1.807) is 6.21 Å². The Morgan fingerprint density at radius 2 is 2.16 bits per heavy atom. The van der Waals surface area contributed by atoms with Gasteiger partial charge in [0.05, 0.1) is 7.11 Å². The molecule has 1 unspecified atom stereocenters. The summed E-state index contributed by atoms with van der Waals surface area (Å²) in [4.78, 5) is 19.9. The molecular formula is C14H17N3O2. The minimum atomic E-state index is -0.699. The Hall–Kier alpha value is -2.01. The number of carbonyl (C=O) groups is 1. The third-order valence-electron chi connectivity index (χ3n) is 3.13. The Kier molecular flexibility index (Phi) is 4.06. The van der Waals surface area contributed by atoms with Gasteiger partial charge >= 0.3 is 5.97 Å². The predicted molar refractivity (Wildman–Crippen MR) is 74.5 cm³/mol. The second kappa shape index (κ2) is 5.75. The number of carbonyl (C=O) groups excluding carboxylic acids is 1. The molecule has 1 aromatic carbocycles. The fourth-order valence-electron chi connectivity index (χ4n) is 2.19. The molecule has 0 aromatic heterocycles. The Morgan fingerprint density at radius 1 is 1.42 bits per heavy atom. The van der Waals surface area contributed by atoms with Gasteiger partial charge in [-0.25, -0.2) is 4.99 Å². The van der Waals surface area contributed by atoms with E-state index in [9.17, 15) is 4.79 Å². The van der Waals surface area contributed by atoms with Gasteiger partial charge in [-0.15, -0.1) is 0 Å². The lowest BCUT2D eigenvalue weighted by atomic mass is 9.86. The van der Waals surface area contributed by atoms with Crippen molar-refractivity contribution in [3.63, 3.8) is 0 Å². The molecule has 5 nitrogen and oxygen atoms in total. The van der Waals surface area contributed by atoms with Crippen LogP contribution in [0.5, 0.6) is 0 Å². The second-order valence-electron chi connectivity index (χ2n) is 4.62. The van der Waals surface area contributed by atoms with Crippen molar-refractivity contribution in [3.05, 3.63) is 35.9 Å². The highest BCUT2D eigenvalue weighted by Gasteiger charge is 2.34. The van der Waals surface area contributed by atoms with E-state index in [1.807, 2.05) is 30.3 Å². The predicted octanol–water partition coefficient (Wildman–Crippen LogP) is 0.971. The monoisotopic (exact) mass is 259 g/mol. The van der Waals surface area contributed by atoms with Crippen LogP contribution in [0.2, 0.25) is 0 Å². The lowest BCUT2D eigenvalue weighted by Crippen LogP contribution is -2.42. The van der Waals surface area contributed by atoms with E-state index in [1.165, 1.54) is 13.4 Å². The zero-order chi connectivity index (χ0) is 13.7. The van der Waals surface area contributed by atoms with Gasteiger partial charge in [0.2, 0.25) is 0 Å². The van der Waals surface area contributed by atoms with Crippen LogP contribution in [-0.4, -0.2) is 37.2 Å². The average Bonchev–Trinajstić information content (AvgIpc) is 2.87. The number of methoxy groups -OCH3 is 1. The molecule has 0 fully saturated rings. The minimum Gasteiger partial charge on any atom is -0.468 e. The number of nitrogens with zero attached hydrogens (tertiary/aromatic N) is 2. The first-order chi connectivity index (χ1) is 9.15. The van der Waals surface area contributed by atoms with Gasteiger partial charge in [0.1, 0.15) is 17.9 Å². The van der Waals surface area contributed by atoms with Gasteiger partial charge in [0, 0.05) is 19.1 Å². The van der Waals surface area contributed by atoms with Gasteiger partial charge < -0.3 is 10.5 Å². The number of hydrogen-bond donors (Lipinski definition) is 1. The third-order valence-corrected chi connectivity index (χ3v) is 3.13. The highest BCUT2D eigenvalue weighted by molar-refractivity contribution is 5.87. The smallest absolute Gasteiger partial charge is 0.322 e. The molecule has 0 bridgehead atoms. The summed E-state index contributed by atoms with van der Waals surface area (Å²) in [5, 5.41) is 0. The summed E-state index contributed by atoms with van der Waals surface area (Å²) in [6.07, 6.45) is 4.31. The molecule has 2 rings (SSSR count). The molecule has 0 spiro atoms. The molecule has 0 saturated heterocycles. The van der Waals surface area contributed by atoms with E-state index in [-0.39, 0.29) is 0 Å². The van der Waals surface area contributed by atoms with Crippen LogP contribution in [0.25, 0.3) is 0 Å². The van der Waals surface area contributed by atoms with Crippen LogP contribution in [0.1, 0.15) is 12.0 Å². The zero-order valence-electron chi connectivity index (χ0n) is 10.8. The van der Waals surface area contributed by atoms with Crippen molar-refractivity contribution < 1.29 is 9.53 Å². The number of nitrogens with two attached hydrogens (primary N) is 1. The Morgan fingerprint density at radius 3 is 2.74 bits per heavy atom. The fourth-order valence-corrected chi connectivity index (χ4v) is 2.19. The normalized spacial score (nSPS) is 22.4. The van der Waals surface area contributed by atoms with Gasteiger partial charge in [-0.1, -0.05) is 30.3 Å². The van der Waals surface area contributed by atoms with Gasteiger partial charge in [-0.05, 0) is 5.56 Å². The molecule has 1 aliphatic rings. The third kappa shape index (κ3) is 3.26. The minimum absolute atomic E-state index is 0.383. The summed E-state index contributed by atoms with van der Waals surface area (Å²) in [6, 6.07) is 9.25. The van der Waals surface area contributed by atoms with Gasteiger partial charge in [0.25, 0.3) is 0 Å². The number of rotatable bonds is 5. The maximum Gasteiger partial charge on any atom is 0.322 e. The summed E-state index contributed by atoms with van der Waals surface area (Å²) >= 11 is 0. The maximum absolute atomic E-state index is 11.5. The summed E-state index contributed by atoms with van der Waals surface area (Å²) in [5.41, 5.74) is 6.42. The number of ether oxygens (including phenoxy) is 1. The molecular weight excluding hydrogens is 242 g/mol. The fraction of sp³-hybridized carbons (Fsp3) is 0.357. The average molecular weight is 259 g/mol. The van der Waals surface area contributed by atoms with Crippen LogP contribution in [0.15, 0.2) is 40.3 Å². The molecule has 1 aromatic rings. The lowest BCUT2D eigenvalue weighted by molar-refractivity contribution is -0.142. The molecule has 1 aliphatic heterocycles. The molecule has 0 aliphatic carbocycles. The van der Waals surface area contributed by atoms with Crippen LogP contribution in [0.3, 0.4) is 0 Å². The molecule has 0 radical (unpaired) electrons. The van der Waals surface area contributed by atoms with Crippen molar-refractivity contribution in [2.45, 2.75) is 24.4 Å². The Labute approximate surface area is 112 Å². The summed E-state index contributed by atoms with van der Waals surface area (Å²) in [7, 11) is 1.33. The first-order valence-electron chi connectivity index (χ1n) is 6.10. The van der Waals surface area contributed by atoms with Crippen molar-refractivity contribution in [2.24, 2.45) is 15.7 Å². The number of esters is 1. The van der Waals surface area contributed by atoms with Crippen molar-refractivity contribution >= 4 is 18.5 Å². The van der Waals surface area contributed by atoms with E-state index < -0.39 is 17.6 Å². The topological polar surface area (TPSA) is 77.0 Å². The molecule has 1 heterocycles. The van der Waals surface area contributed by atoms with Crippen molar-refractivity contribution in [1.29, 1.82) is 0 Å². The lowest BCUT2D eigenvalue weighted by Gasteiger charge is -2.25. The summed E-state index contributed by atoms with van der Waals surface area (Å²) in [6.45, 7) is 0. The maximum atomic E-state index is 11.5. The van der Waals surface area contributed by atoms with Crippen molar-refractivity contribution in [1.82, 2.24) is 0 Å². The largest absolute Gasteiger partial charge is 0.468 e.